The molecule has 5 nitrogen and oxygen atoms in total. The van der Waals surface area contributed by atoms with Crippen LogP contribution in [0.15, 0.2) is 30.3 Å². The first kappa shape index (κ1) is 10.9. The van der Waals surface area contributed by atoms with Gasteiger partial charge in [-0.25, -0.2) is 4.68 Å². The van der Waals surface area contributed by atoms with E-state index < -0.39 is 5.91 Å². The highest BCUT2D eigenvalue weighted by atomic mass is 16.1. The molecule has 2 aromatic rings. The van der Waals surface area contributed by atoms with Gasteiger partial charge in [0.15, 0.2) is 0 Å². The predicted octanol–water partition coefficient (Wildman–Crippen LogP) is 1.15. The maximum atomic E-state index is 11.3. The van der Waals surface area contributed by atoms with E-state index in [0.29, 0.717) is 22.6 Å². The van der Waals surface area contributed by atoms with Gasteiger partial charge in [-0.2, -0.15) is 10.4 Å². The Morgan fingerprint density at radius 1 is 1.47 bits per heavy atom. The molecule has 0 saturated heterocycles. The third-order valence-electron chi connectivity index (χ3n) is 2.30. The average molecular weight is 226 g/mol. The zero-order valence-electron chi connectivity index (χ0n) is 9.21. The number of aryl methyl sites for hydroxylation is 1. The second-order valence-electron chi connectivity index (χ2n) is 3.61. The third-order valence-corrected chi connectivity index (χ3v) is 2.30. The third kappa shape index (κ3) is 2.01. The van der Waals surface area contributed by atoms with E-state index in [4.69, 9.17) is 11.0 Å². The van der Waals surface area contributed by atoms with E-state index in [-0.39, 0.29) is 0 Å². The first-order valence-electron chi connectivity index (χ1n) is 4.99. The highest BCUT2D eigenvalue weighted by Crippen LogP contribution is 2.13. The molecule has 0 unspecified atom stereocenters. The summed E-state index contributed by atoms with van der Waals surface area (Å²) >= 11 is 0. The van der Waals surface area contributed by atoms with E-state index in [1.54, 1.807) is 37.3 Å². The van der Waals surface area contributed by atoms with Crippen molar-refractivity contribution in [3.8, 4) is 11.8 Å². The van der Waals surface area contributed by atoms with Crippen molar-refractivity contribution in [1.29, 1.82) is 5.26 Å². The lowest BCUT2D eigenvalue weighted by Gasteiger charge is -2.04. The van der Waals surface area contributed by atoms with Gasteiger partial charge in [0.05, 0.1) is 23.0 Å². The van der Waals surface area contributed by atoms with Crippen LogP contribution in [0.4, 0.5) is 0 Å². The summed E-state index contributed by atoms with van der Waals surface area (Å²) in [5.74, 6) is -0.548. The molecule has 5 heteroatoms. The molecule has 17 heavy (non-hydrogen) atoms. The molecule has 1 amide bonds. The number of hydrogen-bond donors (Lipinski definition) is 1. The van der Waals surface area contributed by atoms with Crippen molar-refractivity contribution in [2.75, 3.05) is 0 Å². The molecule has 0 bridgehead atoms. The summed E-state index contributed by atoms with van der Waals surface area (Å²) in [6, 6.07) is 10.5. The fourth-order valence-electron chi connectivity index (χ4n) is 1.58. The van der Waals surface area contributed by atoms with E-state index in [2.05, 4.69) is 5.10 Å². The van der Waals surface area contributed by atoms with Crippen LogP contribution in [0.1, 0.15) is 21.7 Å². The number of benzene rings is 1. The largest absolute Gasteiger partial charge is 0.364 e. The molecule has 1 aromatic carbocycles. The number of amides is 1. The van der Waals surface area contributed by atoms with E-state index in [1.807, 2.05) is 6.07 Å². The molecule has 0 saturated carbocycles. The Hall–Kier alpha value is -2.61. The van der Waals surface area contributed by atoms with Crippen LogP contribution in [0.5, 0.6) is 0 Å². The summed E-state index contributed by atoms with van der Waals surface area (Å²) in [4.78, 5) is 11.3. The molecular weight excluding hydrogens is 216 g/mol. The summed E-state index contributed by atoms with van der Waals surface area (Å²) in [6.45, 7) is 1.77. The molecule has 0 fully saturated rings. The van der Waals surface area contributed by atoms with Gasteiger partial charge in [-0.15, -0.1) is 0 Å². The first-order valence-corrected chi connectivity index (χ1v) is 4.99. The predicted molar refractivity (Wildman–Crippen MR) is 61.5 cm³/mol. The van der Waals surface area contributed by atoms with Gasteiger partial charge in [-0.05, 0) is 31.2 Å². The van der Waals surface area contributed by atoms with Gasteiger partial charge in [0.2, 0.25) is 0 Å². The van der Waals surface area contributed by atoms with Crippen LogP contribution in [0.25, 0.3) is 5.69 Å². The summed E-state index contributed by atoms with van der Waals surface area (Å²) in [5.41, 5.74) is 7.42. The average Bonchev–Trinajstić information content (AvgIpc) is 2.72. The molecule has 0 aliphatic rings. The SMILES string of the molecule is Cc1cc(C(N)=O)n(-c2cccc(C#N)c2)n1. The molecule has 2 rings (SSSR count). The van der Waals surface area contributed by atoms with Crippen molar-refractivity contribution in [3.63, 3.8) is 0 Å². The maximum absolute atomic E-state index is 11.3. The summed E-state index contributed by atoms with van der Waals surface area (Å²) in [6.07, 6.45) is 0. The Morgan fingerprint density at radius 2 is 2.24 bits per heavy atom. The van der Waals surface area contributed by atoms with E-state index in [9.17, 15) is 4.79 Å². The quantitative estimate of drug-likeness (QED) is 0.833. The minimum atomic E-state index is -0.548. The zero-order valence-corrected chi connectivity index (χ0v) is 9.21. The fraction of sp³-hybridized carbons (Fsp3) is 0.0833. The second kappa shape index (κ2) is 4.10. The van der Waals surface area contributed by atoms with Gasteiger partial charge in [0, 0.05) is 0 Å². The van der Waals surface area contributed by atoms with Crippen LogP contribution < -0.4 is 5.73 Å². The highest BCUT2D eigenvalue weighted by Gasteiger charge is 2.12. The Bertz CT molecular complexity index is 622. The van der Waals surface area contributed by atoms with Crippen LogP contribution in [-0.4, -0.2) is 15.7 Å². The van der Waals surface area contributed by atoms with E-state index in [0.717, 1.165) is 0 Å². The van der Waals surface area contributed by atoms with E-state index in [1.165, 1.54) is 4.68 Å². The van der Waals surface area contributed by atoms with Crippen molar-refractivity contribution in [1.82, 2.24) is 9.78 Å². The molecule has 0 aliphatic carbocycles. The number of primary amides is 1. The lowest BCUT2D eigenvalue weighted by atomic mass is 10.2. The van der Waals surface area contributed by atoms with Crippen LogP contribution in [-0.2, 0) is 0 Å². The molecule has 0 radical (unpaired) electrons. The number of hydrogen-bond acceptors (Lipinski definition) is 3. The van der Waals surface area contributed by atoms with Crippen molar-refractivity contribution in [2.45, 2.75) is 6.92 Å². The van der Waals surface area contributed by atoms with Crippen LogP contribution in [0.2, 0.25) is 0 Å². The Morgan fingerprint density at radius 3 is 2.88 bits per heavy atom. The fourth-order valence-corrected chi connectivity index (χ4v) is 1.58. The Kier molecular flexibility index (Phi) is 2.63. The topological polar surface area (TPSA) is 84.7 Å². The zero-order chi connectivity index (χ0) is 12.4. The Labute approximate surface area is 98.1 Å². The van der Waals surface area contributed by atoms with E-state index >= 15 is 0 Å². The van der Waals surface area contributed by atoms with Crippen molar-refractivity contribution in [3.05, 3.63) is 47.3 Å². The first-order chi connectivity index (χ1) is 8.11. The number of nitrogens with zero attached hydrogens (tertiary/aromatic N) is 3. The Balaban J connectivity index is 2.60. The number of nitriles is 1. The standard InChI is InChI=1S/C12H10N4O/c1-8-5-11(12(14)17)16(15-8)10-4-2-3-9(6-10)7-13/h2-6H,1H3,(H2,14,17). The number of carbonyl (C=O) groups excluding carboxylic acids is 1. The molecule has 0 atom stereocenters. The lowest BCUT2D eigenvalue weighted by molar-refractivity contribution is 0.0993. The second-order valence-corrected chi connectivity index (χ2v) is 3.61. The molecule has 1 heterocycles. The number of carbonyl (C=O) groups is 1. The number of rotatable bonds is 2. The maximum Gasteiger partial charge on any atom is 0.267 e. The van der Waals surface area contributed by atoms with Gasteiger partial charge in [-0.1, -0.05) is 6.07 Å². The molecule has 84 valence electrons. The minimum Gasteiger partial charge on any atom is -0.364 e. The summed E-state index contributed by atoms with van der Waals surface area (Å²) < 4.78 is 1.44. The van der Waals surface area contributed by atoms with Crippen molar-refractivity contribution >= 4 is 5.91 Å². The van der Waals surface area contributed by atoms with Crippen LogP contribution in [0, 0.1) is 18.3 Å². The molecule has 0 aliphatic heterocycles. The lowest BCUT2D eigenvalue weighted by Crippen LogP contribution is -2.16. The number of aromatic nitrogens is 2. The van der Waals surface area contributed by atoms with Gasteiger partial charge < -0.3 is 5.73 Å². The summed E-state index contributed by atoms with van der Waals surface area (Å²) in [7, 11) is 0. The smallest absolute Gasteiger partial charge is 0.267 e. The number of nitrogens with two attached hydrogens (primary N) is 1. The molecule has 1 aromatic heterocycles. The molecular formula is C12H10N4O. The van der Waals surface area contributed by atoms with Crippen LogP contribution in [0.3, 0.4) is 0 Å². The molecule has 0 spiro atoms. The normalized spacial score (nSPS) is 9.88. The van der Waals surface area contributed by atoms with Gasteiger partial charge in [-0.3, -0.25) is 4.79 Å². The van der Waals surface area contributed by atoms with Crippen LogP contribution >= 0.6 is 0 Å². The van der Waals surface area contributed by atoms with Crippen molar-refractivity contribution in [2.24, 2.45) is 5.73 Å². The van der Waals surface area contributed by atoms with Gasteiger partial charge in [0.1, 0.15) is 5.69 Å². The minimum absolute atomic E-state index is 0.303. The van der Waals surface area contributed by atoms with Crippen molar-refractivity contribution < 1.29 is 4.79 Å². The monoisotopic (exact) mass is 226 g/mol. The van der Waals surface area contributed by atoms with Gasteiger partial charge >= 0.3 is 0 Å². The molecule has 2 N–H and O–H groups in total. The highest BCUT2D eigenvalue weighted by molar-refractivity contribution is 5.91. The van der Waals surface area contributed by atoms with Gasteiger partial charge in [0.25, 0.3) is 5.91 Å². The summed E-state index contributed by atoms with van der Waals surface area (Å²) in [5, 5.41) is 13.0.